The Balaban J connectivity index is 3.27. The first-order valence-electron chi connectivity index (χ1n) is 3.67. The standard InChI is InChI=1S/C9H5BrF2O2S/c1-15(13,14)3-2-6-4-8(11)9(12)5-7(6)10/h4-5H,1H3. The number of halogens is 3. The quantitative estimate of drug-likeness (QED) is 0.542. The number of sulfone groups is 1. The van der Waals surface area contributed by atoms with Gasteiger partial charge in [-0.1, -0.05) is 0 Å². The van der Waals surface area contributed by atoms with E-state index in [4.69, 9.17) is 0 Å². The van der Waals surface area contributed by atoms with Crippen LogP contribution in [0.25, 0.3) is 0 Å². The molecular formula is C9H5BrF2O2S. The van der Waals surface area contributed by atoms with Gasteiger partial charge in [0.05, 0.1) is 6.26 Å². The Kier molecular flexibility index (Phi) is 3.47. The van der Waals surface area contributed by atoms with Gasteiger partial charge in [-0.3, -0.25) is 0 Å². The van der Waals surface area contributed by atoms with Gasteiger partial charge in [0.15, 0.2) is 11.6 Å². The number of rotatable bonds is 0. The highest BCUT2D eigenvalue weighted by Gasteiger charge is 2.06. The molecule has 0 radical (unpaired) electrons. The topological polar surface area (TPSA) is 34.1 Å². The maximum absolute atomic E-state index is 12.8. The van der Waals surface area contributed by atoms with Crippen LogP contribution in [0.3, 0.4) is 0 Å². The third-order valence-corrected chi connectivity index (χ3v) is 2.51. The van der Waals surface area contributed by atoms with Crippen molar-refractivity contribution in [1.82, 2.24) is 0 Å². The first kappa shape index (κ1) is 12.1. The van der Waals surface area contributed by atoms with Crippen molar-refractivity contribution in [3.63, 3.8) is 0 Å². The van der Waals surface area contributed by atoms with Gasteiger partial charge in [-0.25, -0.2) is 17.2 Å². The maximum atomic E-state index is 12.8. The highest BCUT2D eigenvalue weighted by Crippen LogP contribution is 2.19. The van der Waals surface area contributed by atoms with Crippen LogP contribution in [0.4, 0.5) is 8.78 Å². The molecule has 0 aliphatic rings. The van der Waals surface area contributed by atoms with Crippen LogP contribution < -0.4 is 0 Å². The molecule has 1 rings (SSSR count). The first-order chi connectivity index (χ1) is 6.79. The highest BCUT2D eigenvalue weighted by molar-refractivity contribution is 9.10. The van der Waals surface area contributed by atoms with Crippen molar-refractivity contribution >= 4 is 25.8 Å². The summed E-state index contributed by atoms with van der Waals surface area (Å²) in [7, 11) is -3.46. The minimum Gasteiger partial charge on any atom is -0.216 e. The highest BCUT2D eigenvalue weighted by atomic mass is 79.9. The van der Waals surface area contributed by atoms with Crippen molar-refractivity contribution < 1.29 is 17.2 Å². The summed E-state index contributed by atoms with van der Waals surface area (Å²) in [6.07, 6.45) is 0.924. The van der Waals surface area contributed by atoms with E-state index in [0.717, 1.165) is 18.4 Å². The molecule has 0 aromatic heterocycles. The lowest BCUT2D eigenvalue weighted by Crippen LogP contribution is -1.91. The van der Waals surface area contributed by atoms with E-state index in [1.165, 1.54) is 0 Å². The van der Waals surface area contributed by atoms with Gasteiger partial charge in [-0.15, -0.1) is 0 Å². The van der Waals surface area contributed by atoms with Gasteiger partial charge in [0.1, 0.15) is 0 Å². The molecule has 0 bridgehead atoms. The molecule has 1 aromatic carbocycles. The lowest BCUT2D eigenvalue weighted by atomic mass is 10.2. The lowest BCUT2D eigenvalue weighted by molar-refractivity contribution is 0.507. The smallest absolute Gasteiger partial charge is 0.214 e. The van der Waals surface area contributed by atoms with Crippen LogP contribution >= 0.6 is 15.9 Å². The fourth-order valence-corrected chi connectivity index (χ4v) is 1.48. The molecule has 0 aliphatic heterocycles. The summed E-state index contributed by atoms with van der Waals surface area (Å²) >= 11 is 2.95. The van der Waals surface area contributed by atoms with Crippen molar-refractivity contribution in [2.45, 2.75) is 0 Å². The minimum absolute atomic E-state index is 0.0827. The van der Waals surface area contributed by atoms with Gasteiger partial charge in [0.2, 0.25) is 9.84 Å². The van der Waals surface area contributed by atoms with E-state index in [0.29, 0.717) is 0 Å². The van der Waals surface area contributed by atoms with Crippen LogP contribution in [0.1, 0.15) is 5.56 Å². The summed E-state index contributed by atoms with van der Waals surface area (Å²) in [4.78, 5) is 0. The summed E-state index contributed by atoms with van der Waals surface area (Å²) < 4.78 is 47.1. The molecule has 0 saturated heterocycles. The van der Waals surface area contributed by atoms with Crippen molar-refractivity contribution in [1.29, 1.82) is 0 Å². The SMILES string of the molecule is CS(=O)(=O)C#Cc1cc(F)c(F)cc1Br. The largest absolute Gasteiger partial charge is 0.216 e. The summed E-state index contributed by atoms with van der Waals surface area (Å²) in [5, 5.41) is 1.93. The molecule has 0 amide bonds. The molecule has 0 saturated carbocycles. The van der Waals surface area contributed by atoms with Crippen molar-refractivity contribution in [2.75, 3.05) is 6.26 Å². The zero-order valence-corrected chi connectivity index (χ0v) is 9.92. The van der Waals surface area contributed by atoms with Gasteiger partial charge in [0.25, 0.3) is 0 Å². The Morgan fingerprint density at radius 3 is 2.33 bits per heavy atom. The van der Waals surface area contributed by atoms with Crippen LogP contribution in [0.2, 0.25) is 0 Å². The monoisotopic (exact) mass is 294 g/mol. The summed E-state index contributed by atoms with van der Waals surface area (Å²) in [5.41, 5.74) is 0.0827. The molecule has 15 heavy (non-hydrogen) atoms. The van der Waals surface area contributed by atoms with Gasteiger partial charge >= 0.3 is 0 Å². The van der Waals surface area contributed by atoms with Crippen molar-refractivity contribution in [3.05, 3.63) is 33.8 Å². The number of hydrogen-bond donors (Lipinski definition) is 0. The average molecular weight is 295 g/mol. The summed E-state index contributed by atoms with van der Waals surface area (Å²) in [5.74, 6) is 0.135. The number of benzene rings is 1. The summed E-state index contributed by atoms with van der Waals surface area (Å²) in [6, 6.07) is 1.72. The molecule has 0 aliphatic carbocycles. The Labute approximate surface area is 94.3 Å². The van der Waals surface area contributed by atoms with Crippen LogP contribution in [-0.2, 0) is 9.84 Å². The molecule has 0 atom stereocenters. The van der Waals surface area contributed by atoms with E-state index in [1.54, 1.807) is 0 Å². The van der Waals surface area contributed by atoms with Crippen LogP contribution in [0.15, 0.2) is 16.6 Å². The Hall–Kier alpha value is -0.930. The zero-order chi connectivity index (χ0) is 11.6. The van der Waals surface area contributed by atoms with Crippen molar-refractivity contribution in [3.8, 4) is 11.2 Å². The van der Waals surface area contributed by atoms with Crippen LogP contribution in [0.5, 0.6) is 0 Å². The van der Waals surface area contributed by atoms with Crippen LogP contribution in [-0.4, -0.2) is 14.7 Å². The molecule has 0 N–H and O–H groups in total. The second kappa shape index (κ2) is 4.29. The molecule has 0 heterocycles. The maximum Gasteiger partial charge on any atom is 0.214 e. The van der Waals surface area contributed by atoms with E-state index >= 15 is 0 Å². The fourth-order valence-electron chi connectivity index (χ4n) is 0.766. The van der Waals surface area contributed by atoms with E-state index in [9.17, 15) is 17.2 Å². The van der Waals surface area contributed by atoms with E-state index in [-0.39, 0.29) is 10.0 Å². The Bertz CT molecular complexity index is 555. The van der Waals surface area contributed by atoms with Gasteiger partial charge in [-0.2, -0.15) is 0 Å². The molecule has 1 aromatic rings. The number of hydrogen-bond acceptors (Lipinski definition) is 2. The lowest BCUT2D eigenvalue weighted by Gasteiger charge is -1.97. The Morgan fingerprint density at radius 2 is 1.80 bits per heavy atom. The second-order valence-corrected chi connectivity index (χ2v) is 5.35. The Morgan fingerprint density at radius 1 is 1.27 bits per heavy atom. The molecule has 80 valence electrons. The molecule has 6 heteroatoms. The summed E-state index contributed by atoms with van der Waals surface area (Å²) in [6.45, 7) is 0. The van der Waals surface area contributed by atoms with Crippen molar-refractivity contribution in [2.24, 2.45) is 0 Å². The molecule has 0 unspecified atom stereocenters. The van der Waals surface area contributed by atoms with E-state index < -0.39 is 21.5 Å². The van der Waals surface area contributed by atoms with Crippen LogP contribution in [0, 0.1) is 22.8 Å². The van der Waals surface area contributed by atoms with E-state index in [2.05, 4.69) is 21.9 Å². The average Bonchev–Trinajstić information content (AvgIpc) is 2.07. The predicted molar refractivity (Wildman–Crippen MR) is 55.8 cm³/mol. The molecule has 2 nitrogen and oxygen atoms in total. The zero-order valence-electron chi connectivity index (χ0n) is 7.51. The van der Waals surface area contributed by atoms with E-state index in [1.807, 2.05) is 5.25 Å². The molecule has 0 spiro atoms. The molecular weight excluding hydrogens is 290 g/mol. The fraction of sp³-hybridized carbons (Fsp3) is 0.111. The third kappa shape index (κ3) is 3.61. The normalized spacial score (nSPS) is 10.7. The minimum atomic E-state index is -3.46. The van der Waals surface area contributed by atoms with Gasteiger partial charge in [-0.05, 0) is 34.0 Å². The molecule has 0 fully saturated rings. The third-order valence-electron chi connectivity index (χ3n) is 1.38. The second-order valence-electron chi connectivity index (χ2n) is 2.75. The van der Waals surface area contributed by atoms with Gasteiger partial charge in [0, 0.05) is 15.3 Å². The first-order valence-corrected chi connectivity index (χ1v) is 6.35. The predicted octanol–water partition coefficient (Wildman–Crippen LogP) is 2.08. The van der Waals surface area contributed by atoms with Gasteiger partial charge < -0.3 is 0 Å².